The molecule has 0 bridgehead atoms. The van der Waals surface area contributed by atoms with Crippen LogP contribution in [0.1, 0.15) is 34.6 Å². The van der Waals surface area contributed by atoms with Crippen molar-refractivity contribution < 1.29 is 19.1 Å². The van der Waals surface area contributed by atoms with Gasteiger partial charge in [-0.25, -0.2) is 0 Å². The molecule has 0 aliphatic rings. The largest absolute Gasteiger partial charge is 0.469 e. The standard InChI is InChI=1S/C7H14O2.C3H6O2/c1-5(2)7(8)9-6(3)4;1-3(4)5-2/h5-6H,1-4H3;1-2H3. The van der Waals surface area contributed by atoms with Crippen molar-refractivity contribution in [1.29, 1.82) is 0 Å². The van der Waals surface area contributed by atoms with Crippen molar-refractivity contribution in [1.82, 2.24) is 0 Å². The van der Waals surface area contributed by atoms with Gasteiger partial charge >= 0.3 is 11.9 Å². The topological polar surface area (TPSA) is 52.6 Å². The van der Waals surface area contributed by atoms with E-state index in [1.165, 1.54) is 14.0 Å². The third-order valence-electron chi connectivity index (χ3n) is 1.11. The van der Waals surface area contributed by atoms with Crippen LogP contribution in [0.2, 0.25) is 0 Å². The molecule has 0 aromatic rings. The van der Waals surface area contributed by atoms with Crippen molar-refractivity contribution in [3.8, 4) is 0 Å². The smallest absolute Gasteiger partial charge is 0.308 e. The minimum absolute atomic E-state index is 0.00704. The fourth-order valence-corrected chi connectivity index (χ4v) is 0.368. The van der Waals surface area contributed by atoms with Crippen molar-refractivity contribution in [2.75, 3.05) is 7.11 Å². The first kappa shape index (κ1) is 15.4. The number of hydrogen-bond donors (Lipinski definition) is 0. The summed E-state index contributed by atoms with van der Waals surface area (Å²) >= 11 is 0. The van der Waals surface area contributed by atoms with E-state index in [-0.39, 0.29) is 24.0 Å². The van der Waals surface area contributed by atoms with Gasteiger partial charge in [-0.15, -0.1) is 0 Å². The number of hydrogen-bond acceptors (Lipinski definition) is 4. The minimum atomic E-state index is -0.245. The molecule has 0 N–H and O–H groups in total. The molecular weight excluding hydrogens is 184 g/mol. The third-order valence-corrected chi connectivity index (χ3v) is 1.11. The van der Waals surface area contributed by atoms with E-state index in [1.54, 1.807) is 0 Å². The summed E-state index contributed by atoms with van der Waals surface area (Å²) in [7, 11) is 1.35. The maximum atomic E-state index is 10.7. The summed E-state index contributed by atoms with van der Waals surface area (Å²) in [4.78, 5) is 20.3. The molecule has 0 aromatic carbocycles. The second kappa shape index (κ2) is 8.53. The van der Waals surface area contributed by atoms with Crippen molar-refractivity contribution in [3.05, 3.63) is 0 Å². The first-order valence-electron chi connectivity index (χ1n) is 4.56. The summed E-state index contributed by atoms with van der Waals surface area (Å²) in [5, 5.41) is 0. The van der Waals surface area contributed by atoms with Crippen LogP contribution in [0.5, 0.6) is 0 Å². The molecule has 0 spiro atoms. The number of methoxy groups -OCH3 is 1. The third kappa shape index (κ3) is 13.5. The maximum Gasteiger partial charge on any atom is 0.308 e. The predicted molar refractivity (Wildman–Crippen MR) is 53.8 cm³/mol. The Morgan fingerprint density at radius 3 is 1.50 bits per heavy atom. The molecule has 4 nitrogen and oxygen atoms in total. The van der Waals surface area contributed by atoms with E-state index in [4.69, 9.17) is 4.74 Å². The van der Waals surface area contributed by atoms with Gasteiger partial charge in [0.1, 0.15) is 0 Å². The predicted octanol–water partition coefficient (Wildman–Crippen LogP) is 1.77. The summed E-state index contributed by atoms with van der Waals surface area (Å²) in [6, 6.07) is 0. The van der Waals surface area contributed by atoms with Crippen LogP contribution >= 0.6 is 0 Å². The van der Waals surface area contributed by atoms with Crippen molar-refractivity contribution in [3.63, 3.8) is 0 Å². The molecule has 0 fully saturated rings. The summed E-state index contributed by atoms with van der Waals surface area (Å²) in [6.45, 7) is 8.70. The summed E-state index contributed by atoms with van der Waals surface area (Å²) in [5.41, 5.74) is 0. The molecule has 0 rings (SSSR count). The van der Waals surface area contributed by atoms with E-state index in [9.17, 15) is 9.59 Å². The van der Waals surface area contributed by atoms with E-state index >= 15 is 0 Å². The molecule has 0 amide bonds. The van der Waals surface area contributed by atoms with Crippen molar-refractivity contribution in [2.45, 2.75) is 40.7 Å². The summed E-state index contributed by atoms with van der Waals surface area (Å²) in [6.07, 6.45) is 0.0138. The average Bonchev–Trinajstić information content (AvgIpc) is 2.04. The van der Waals surface area contributed by atoms with Gasteiger partial charge in [0.15, 0.2) is 0 Å². The highest BCUT2D eigenvalue weighted by Gasteiger charge is 2.08. The average molecular weight is 204 g/mol. The van der Waals surface area contributed by atoms with E-state index < -0.39 is 0 Å². The van der Waals surface area contributed by atoms with Crippen LogP contribution in [0, 0.1) is 5.92 Å². The monoisotopic (exact) mass is 204 g/mol. The van der Waals surface area contributed by atoms with Crippen LogP contribution < -0.4 is 0 Å². The highest BCUT2D eigenvalue weighted by Crippen LogP contribution is 1.98. The van der Waals surface area contributed by atoms with Gasteiger partial charge in [-0.2, -0.15) is 0 Å². The normalized spacial score (nSPS) is 9.14. The molecule has 0 aliphatic heterocycles. The lowest BCUT2D eigenvalue weighted by Crippen LogP contribution is -2.16. The number of rotatable bonds is 2. The first-order valence-corrected chi connectivity index (χ1v) is 4.56. The van der Waals surface area contributed by atoms with Gasteiger partial charge in [0, 0.05) is 6.92 Å². The number of carbonyl (C=O) groups is 2. The maximum absolute atomic E-state index is 10.7. The van der Waals surface area contributed by atoms with Crippen LogP contribution in [-0.2, 0) is 19.1 Å². The highest BCUT2D eigenvalue weighted by molar-refractivity contribution is 5.71. The molecule has 0 saturated carbocycles. The Morgan fingerprint density at radius 1 is 1.07 bits per heavy atom. The Hall–Kier alpha value is -1.06. The molecule has 0 aliphatic carbocycles. The van der Waals surface area contributed by atoms with Gasteiger partial charge in [-0.3, -0.25) is 9.59 Å². The van der Waals surface area contributed by atoms with E-state index in [2.05, 4.69) is 4.74 Å². The first-order chi connectivity index (χ1) is 6.31. The zero-order valence-electron chi connectivity index (χ0n) is 9.79. The Kier molecular flexibility index (Phi) is 9.40. The number of esters is 2. The lowest BCUT2D eigenvalue weighted by Gasteiger charge is -2.08. The molecule has 0 aromatic heterocycles. The van der Waals surface area contributed by atoms with E-state index in [1.807, 2.05) is 27.7 Å². The molecular formula is C10H20O4. The van der Waals surface area contributed by atoms with Gasteiger partial charge in [-0.1, -0.05) is 13.8 Å². The molecule has 0 radical (unpaired) electrons. The lowest BCUT2D eigenvalue weighted by atomic mass is 10.2. The van der Waals surface area contributed by atoms with Gasteiger partial charge in [-0.05, 0) is 13.8 Å². The molecule has 84 valence electrons. The van der Waals surface area contributed by atoms with Gasteiger partial charge in [0.2, 0.25) is 0 Å². The number of ether oxygens (including phenoxy) is 2. The second-order valence-corrected chi connectivity index (χ2v) is 3.34. The Labute approximate surface area is 85.6 Å². The van der Waals surface area contributed by atoms with Crippen LogP contribution in [0.3, 0.4) is 0 Å². The van der Waals surface area contributed by atoms with Crippen molar-refractivity contribution >= 4 is 11.9 Å². The quantitative estimate of drug-likeness (QED) is 0.643. The fraction of sp³-hybridized carbons (Fsp3) is 0.800. The second-order valence-electron chi connectivity index (χ2n) is 3.34. The molecule has 4 heteroatoms. The van der Waals surface area contributed by atoms with Gasteiger partial charge in [0.25, 0.3) is 0 Å². The Bertz CT molecular complexity index is 173. The SMILES string of the molecule is CC(C)OC(=O)C(C)C.COC(C)=O. The molecule has 0 saturated heterocycles. The fourth-order valence-electron chi connectivity index (χ4n) is 0.368. The summed E-state index contributed by atoms with van der Waals surface area (Å²) in [5.74, 6) is -0.373. The van der Waals surface area contributed by atoms with Crippen LogP contribution in [-0.4, -0.2) is 25.2 Å². The number of carbonyl (C=O) groups excluding carboxylic acids is 2. The molecule has 14 heavy (non-hydrogen) atoms. The van der Waals surface area contributed by atoms with Crippen LogP contribution in [0.4, 0.5) is 0 Å². The van der Waals surface area contributed by atoms with E-state index in [0.717, 1.165) is 0 Å². The zero-order valence-corrected chi connectivity index (χ0v) is 9.79. The zero-order chi connectivity index (χ0) is 11.7. The molecule has 0 unspecified atom stereocenters. The Balaban J connectivity index is 0. The van der Waals surface area contributed by atoms with Crippen LogP contribution in [0.25, 0.3) is 0 Å². The minimum Gasteiger partial charge on any atom is -0.469 e. The van der Waals surface area contributed by atoms with E-state index in [0.29, 0.717) is 0 Å². The van der Waals surface area contributed by atoms with Gasteiger partial charge < -0.3 is 9.47 Å². The Morgan fingerprint density at radius 2 is 1.43 bits per heavy atom. The summed E-state index contributed by atoms with van der Waals surface area (Å²) < 4.78 is 8.98. The van der Waals surface area contributed by atoms with Crippen LogP contribution in [0.15, 0.2) is 0 Å². The molecule has 0 atom stereocenters. The van der Waals surface area contributed by atoms with Crippen molar-refractivity contribution in [2.24, 2.45) is 5.92 Å². The molecule has 0 heterocycles. The van der Waals surface area contributed by atoms with Gasteiger partial charge in [0.05, 0.1) is 19.1 Å². The lowest BCUT2D eigenvalue weighted by molar-refractivity contribution is -0.151. The highest BCUT2D eigenvalue weighted by atomic mass is 16.5.